The summed E-state index contributed by atoms with van der Waals surface area (Å²) in [5, 5.41) is 3.54. The fourth-order valence-corrected chi connectivity index (χ4v) is 2.56. The van der Waals surface area contributed by atoms with Crippen LogP contribution in [0.15, 0.2) is 30.6 Å². The second kappa shape index (κ2) is 4.16. The molecule has 3 rings (SSSR count). The molecule has 84 valence electrons. The van der Waals surface area contributed by atoms with Crippen LogP contribution in [0, 0.1) is 5.92 Å². The van der Waals surface area contributed by atoms with Gasteiger partial charge in [-0.25, -0.2) is 4.98 Å². The summed E-state index contributed by atoms with van der Waals surface area (Å²) >= 11 is 0. The van der Waals surface area contributed by atoms with Gasteiger partial charge in [0.2, 0.25) is 0 Å². The molecule has 0 atom stereocenters. The Bertz CT molecular complexity index is 469. The summed E-state index contributed by atoms with van der Waals surface area (Å²) in [6.45, 7) is 1.09. The van der Waals surface area contributed by atoms with Crippen molar-refractivity contribution in [3.05, 3.63) is 30.6 Å². The molecule has 0 aromatic carbocycles. The third-order valence-electron chi connectivity index (χ3n) is 3.47. The molecule has 1 aliphatic carbocycles. The topological polar surface area (TPSA) is 29.3 Å². The quantitative estimate of drug-likeness (QED) is 0.853. The zero-order valence-corrected chi connectivity index (χ0v) is 9.39. The van der Waals surface area contributed by atoms with Crippen LogP contribution >= 0.6 is 0 Å². The maximum Gasteiger partial charge on any atom is 0.138 e. The summed E-state index contributed by atoms with van der Waals surface area (Å²) in [6, 6.07) is 6.20. The highest BCUT2D eigenvalue weighted by molar-refractivity contribution is 5.49. The molecule has 0 saturated heterocycles. The lowest BCUT2D eigenvalue weighted by Gasteiger charge is -2.13. The van der Waals surface area contributed by atoms with Crippen LogP contribution in [0.4, 0.5) is 5.82 Å². The van der Waals surface area contributed by atoms with Crippen LogP contribution in [-0.2, 0) is 0 Å². The van der Waals surface area contributed by atoms with E-state index in [0.717, 1.165) is 23.9 Å². The molecule has 1 aliphatic rings. The summed E-state index contributed by atoms with van der Waals surface area (Å²) in [6.07, 6.45) is 9.42. The van der Waals surface area contributed by atoms with Crippen molar-refractivity contribution >= 4 is 11.5 Å². The van der Waals surface area contributed by atoms with Gasteiger partial charge in [0.1, 0.15) is 11.5 Å². The molecule has 1 saturated carbocycles. The molecule has 0 unspecified atom stereocenters. The molecule has 0 bridgehead atoms. The minimum atomic E-state index is 0.860. The van der Waals surface area contributed by atoms with Crippen LogP contribution in [-0.4, -0.2) is 15.9 Å². The van der Waals surface area contributed by atoms with E-state index in [2.05, 4.69) is 26.8 Å². The van der Waals surface area contributed by atoms with Gasteiger partial charge in [-0.1, -0.05) is 18.9 Å². The summed E-state index contributed by atoms with van der Waals surface area (Å²) in [5.74, 6) is 2.01. The molecule has 1 N–H and O–H groups in total. The number of anilines is 1. The number of aromatic nitrogens is 2. The summed E-state index contributed by atoms with van der Waals surface area (Å²) in [4.78, 5) is 4.28. The van der Waals surface area contributed by atoms with E-state index in [-0.39, 0.29) is 0 Å². The largest absolute Gasteiger partial charge is 0.371 e. The van der Waals surface area contributed by atoms with Gasteiger partial charge in [0, 0.05) is 18.9 Å². The van der Waals surface area contributed by atoms with Crippen molar-refractivity contribution in [1.82, 2.24) is 9.38 Å². The molecular weight excluding hydrogens is 198 g/mol. The van der Waals surface area contributed by atoms with E-state index in [1.807, 2.05) is 18.5 Å². The standard InChI is InChI=1S/C13H17N3/c1-2-5-11(4-1)10-15-13-7-3-6-12-14-8-9-16(12)13/h3,6-9,11,15H,1-2,4-5,10H2. The number of imidazole rings is 1. The van der Waals surface area contributed by atoms with Crippen molar-refractivity contribution in [2.45, 2.75) is 25.7 Å². The van der Waals surface area contributed by atoms with E-state index in [1.54, 1.807) is 0 Å². The predicted molar refractivity (Wildman–Crippen MR) is 65.6 cm³/mol. The van der Waals surface area contributed by atoms with Crippen LogP contribution in [0.1, 0.15) is 25.7 Å². The van der Waals surface area contributed by atoms with Crippen LogP contribution in [0.3, 0.4) is 0 Å². The molecular formula is C13H17N3. The Morgan fingerprint density at radius 1 is 1.31 bits per heavy atom. The number of nitrogens with one attached hydrogen (secondary N) is 1. The van der Waals surface area contributed by atoms with Gasteiger partial charge in [0.05, 0.1) is 0 Å². The molecule has 0 amide bonds. The molecule has 0 aliphatic heterocycles. The van der Waals surface area contributed by atoms with Gasteiger partial charge >= 0.3 is 0 Å². The Morgan fingerprint density at radius 2 is 2.19 bits per heavy atom. The normalized spacial score (nSPS) is 17.0. The molecule has 2 aromatic heterocycles. The maximum absolute atomic E-state index is 4.28. The van der Waals surface area contributed by atoms with Crippen LogP contribution in [0.25, 0.3) is 5.65 Å². The van der Waals surface area contributed by atoms with Crippen molar-refractivity contribution in [2.24, 2.45) is 5.92 Å². The monoisotopic (exact) mass is 215 g/mol. The van der Waals surface area contributed by atoms with Crippen LogP contribution < -0.4 is 5.32 Å². The van der Waals surface area contributed by atoms with Gasteiger partial charge < -0.3 is 5.32 Å². The third-order valence-corrected chi connectivity index (χ3v) is 3.47. The molecule has 3 nitrogen and oxygen atoms in total. The van der Waals surface area contributed by atoms with Gasteiger partial charge in [-0.2, -0.15) is 0 Å². The highest BCUT2D eigenvalue weighted by Crippen LogP contribution is 2.25. The predicted octanol–water partition coefficient (Wildman–Crippen LogP) is 2.94. The smallest absolute Gasteiger partial charge is 0.138 e. The number of fused-ring (bicyclic) bond motifs is 1. The number of rotatable bonds is 3. The van der Waals surface area contributed by atoms with Crippen molar-refractivity contribution in [3.8, 4) is 0 Å². The molecule has 0 spiro atoms. The first-order chi connectivity index (χ1) is 7.93. The second-order valence-corrected chi connectivity index (χ2v) is 4.60. The van der Waals surface area contributed by atoms with Gasteiger partial charge in [0.15, 0.2) is 0 Å². The third kappa shape index (κ3) is 1.77. The Labute approximate surface area is 95.5 Å². The Kier molecular flexibility index (Phi) is 2.52. The number of hydrogen-bond donors (Lipinski definition) is 1. The molecule has 16 heavy (non-hydrogen) atoms. The average Bonchev–Trinajstić information content (AvgIpc) is 2.97. The lowest BCUT2D eigenvalue weighted by molar-refractivity contribution is 0.578. The summed E-state index contributed by atoms with van der Waals surface area (Å²) in [5.41, 5.74) is 1.01. The van der Waals surface area contributed by atoms with Gasteiger partial charge in [0.25, 0.3) is 0 Å². The van der Waals surface area contributed by atoms with E-state index in [9.17, 15) is 0 Å². The van der Waals surface area contributed by atoms with Crippen LogP contribution in [0.2, 0.25) is 0 Å². The minimum Gasteiger partial charge on any atom is -0.371 e. The fraction of sp³-hybridized carbons (Fsp3) is 0.462. The van der Waals surface area contributed by atoms with Crippen LogP contribution in [0.5, 0.6) is 0 Å². The zero-order valence-electron chi connectivity index (χ0n) is 9.39. The van der Waals surface area contributed by atoms with E-state index < -0.39 is 0 Å². The first-order valence-corrected chi connectivity index (χ1v) is 6.09. The van der Waals surface area contributed by atoms with E-state index in [1.165, 1.54) is 25.7 Å². The average molecular weight is 215 g/mol. The summed E-state index contributed by atoms with van der Waals surface area (Å²) < 4.78 is 2.11. The van der Waals surface area contributed by atoms with Gasteiger partial charge in [-0.15, -0.1) is 0 Å². The Hall–Kier alpha value is -1.51. The molecule has 1 fully saturated rings. The minimum absolute atomic E-state index is 0.860. The first-order valence-electron chi connectivity index (χ1n) is 6.09. The highest BCUT2D eigenvalue weighted by Gasteiger charge is 2.14. The van der Waals surface area contributed by atoms with E-state index >= 15 is 0 Å². The SMILES string of the molecule is c1cc(NCC2CCCC2)n2ccnc2c1. The van der Waals surface area contributed by atoms with Crippen molar-refractivity contribution in [1.29, 1.82) is 0 Å². The maximum atomic E-state index is 4.28. The van der Waals surface area contributed by atoms with E-state index in [4.69, 9.17) is 0 Å². The molecule has 2 aromatic rings. The highest BCUT2D eigenvalue weighted by atomic mass is 15.1. The Morgan fingerprint density at radius 3 is 3.06 bits per heavy atom. The second-order valence-electron chi connectivity index (χ2n) is 4.60. The summed E-state index contributed by atoms with van der Waals surface area (Å²) in [7, 11) is 0. The number of nitrogens with zero attached hydrogens (tertiary/aromatic N) is 2. The molecule has 2 heterocycles. The fourth-order valence-electron chi connectivity index (χ4n) is 2.56. The van der Waals surface area contributed by atoms with Gasteiger partial charge in [-0.05, 0) is 30.9 Å². The molecule has 3 heteroatoms. The zero-order chi connectivity index (χ0) is 10.8. The Balaban J connectivity index is 1.75. The van der Waals surface area contributed by atoms with E-state index in [0.29, 0.717) is 0 Å². The molecule has 0 radical (unpaired) electrons. The first kappa shape index (κ1) is 9.70. The number of hydrogen-bond acceptors (Lipinski definition) is 2. The van der Waals surface area contributed by atoms with Crippen molar-refractivity contribution < 1.29 is 0 Å². The lowest BCUT2D eigenvalue weighted by atomic mass is 10.1. The lowest BCUT2D eigenvalue weighted by Crippen LogP contribution is -2.12. The van der Waals surface area contributed by atoms with Crippen molar-refractivity contribution in [2.75, 3.05) is 11.9 Å². The van der Waals surface area contributed by atoms with Gasteiger partial charge in [-0.3, -0.25) is 4.40 Å². The number of pyridine rings is 1. The van der Waals surface area contributed by atoms with Crippen molar-refractivity contribution in [3.63, 3.8) is 0 Å².